The van der Waals surface area contributed by atoms with Crippen LogP contribution in [0.25, 0.3) is 0 Å². The Kier molecular flexibility index (Phi) is 2.67. The predicted molar refractivity (Wildman–Crippen MR) is 48.9 cm³/mol. The minimum Gasteiger partial charge on any atom is -0.497 e. The normalized spacial score (nSPS) is 29.5. The SMILES string of the molecule is C1=COC(CNC2CCC2)CC1. The smallest absolute Gasteiger partial charge is 0.110 e. The lowest BCUT2D eigenvalue weighted by molar-refractivity contribution is 0.114. The largest absolute Gasteiger partial charge is 0.497 e. The van der Waals surface area contributed by atoms with Crippen molar-refractivity contribution in [3.05, 3.63) is 12.3 Å². The molecule has 1 atom stereocenters. The molecule has 68 valence electrons. The Labute approximate surface area is 74.0 Å². The molecule has 0 aromatic heterocycles. The predicted octanol–water partition coefficient (Wildman–Crippen LogP) is 1.82. The number of nitrogens with one attached hydrogen (secondary N) is 1. The molecule has 12 heavy (non-hydrogen) atoms. The van der Waals surface area contributed by atoms with Crippen LogP contribution in [0.2, 0.25) is 0 Å². The zero-order valence-electron chi connectivity index (χ0n) is 7.46. The van der Waals surface area contributed by atoms with Crippen molar-refractivity contribution in [2.75, 3.05) is 6.54 Å². The molecule has 0 bridgehead atoms. The highest BCUT2D eigenvalue weighted by Gasteiger charge is 2.18. The topological polar surface area (TPSA) is 21.3 Å². The Bertz CT molecular complexity index is 163. The summed E-state index contributed by atoms with van der Waals surface area (Å²) in [6.07, 6.45) is 10.9. The molecule has 1 aliphatic heterocycles. The minimum atomic E-state index is 0.426. The first kappa shape index (κ1) is 8.11. The van der Waals surface area contributed by atoms with E-state index in [1.807, 2.05) is 6.26 Å². The van der Waals surface area contributed by atoms with Gasteiger partial charge in [-0.2, -0.15) is 0 Å². The van der Waals surface area contributed by atoms with Crippen molar-refractivity contribution in [3.63, 3.8) is 0 Å². The quantitative estimate of drug-likeness (QED) is 0.692. The van der Waals surface area contributed by atoms with Crippen molar-refractivity contribution >= 4 is 0 Å². The van der Waals surface area contributed by atoms with Crippen LogP contribution in [-0.2, 0) is 4.74 Å². The molecule has 0 aromatic carbocycles. The third-order valence-corrected chi connectivity index (χ3v) is 2.76. The van der Waals surface area contributed by atoms with E-state index in [4.69, 9.17) is 4.74 Å². The van der Waals surface area contributed by atoms with Crippen LogP contribution in [0.5, 0.6) is 0 Å². The number of ether oxygens (including phenoxy) is 1. The summed E-state index contributed by atoms with van der Waals surface area (Å²) in [7, 11) is 0. The summed E-state index contributed by atoms with van der Waals surface area (Å²) < 4.78 is 5.45. The lowest BCUT2D eigenvalue weighted by atomic mass is 9.93. The molecule has 0 amide bonds. The van der Waals surface area contributed by atoms with Gasteiger partial charge in [0.25, 0.3) is 0 Å². The second-order valence-corrected chi connectivity index (χ2v) is 3.74. The Balaban J connectivity index is 1.62. The van der Waals surface area contributed by atoms with Crippen LogP contribution >= 0.6 is 0 Å². The molecule has 0 saturated heterocycles. The van der Waals surface area contributed by atoms with E-state index in [0.29, 0.717) is 6.10 Å². The Hall–Kier alpha value is -0.500. The average molecular weight is 167 g/mol. The van der Waals surface area contributed by atoms with Gasteiger partial charge in [0.2, 0.25) is 0 Å². The van der Waals surface area contributed by atoms with E-state index in [-0.39, 0.29) is 0 Å². The molecule has 2 heteroatoms. The maximum absolute atomic E-state index is 5.45. The Morgan fingerprint density at radius 3 is 2.83 bits per heavy atom. The van der Waals surface area contributed by atoms with Gasteiger partial charge >= 0.3 is 0 Å². The van der Waals surface area contributed by atoms with Crippen molar-refractivity contribution in [1.82, 2.24) is 5.32 Å². The fourth-order valence-corrected chi connectivity index (χ4v) is 1.65. The van der Waals surface area contributed by atoms with Crippen molar-refractivity contribution in [2.45, 2.75) is 44.2 Å². The molecule has 0 spiro atoms. The van der Waals surface area contributed by atoms with E-state index in [1.165, 1.54) is 32.1 Å². The molecule has 1 saturated carbocycles. The molecule has 2 aliphatic rings. The molecule has 0 radical (unpaired) electrons. The van der Waals surface area contributed by atoms with E-state index < -0.39 is 0 Å². The number of allylic oxidation sites excluding steroid dienone is 1. The second-order valence-electron chi connectivity index (χ2n) is 3.74. The van der Waals surface area contributed by atoms with Gasteiger partial charge in [0.1, 0.15) is 6.10 Å². The summed E-state index contributed by atoms with van der Waals surface area (Å²) in [4.78, 5) is 0. The zero-order chi connectivity index (χ0) is 8.23. The molecule has 1 aliphatic carbocycles. The van der Waals surface area contributed by atoms with Crippen LogP contribution in [0.4, 0.5) is 0 Å². The first-order chi connectivity index (χ1) is 5.95. The maximum Gasteiger partial charge on any atom is 0.110 e. The van der Waals surface area contributed by atoms with Gasteiger partial charge in [-0.3, -0.25) is 0 Å². The standard InChI is InChI=1S/C10H17NO/c1-2-7-12-10(6-1)8-11-9-4-3-5-9/h2,7,9-11H,1,3-6,8H2. The summed E-state index contributed by atoms with van der Waals surface area (Å²) >= 11 is 0. The van der Waals surface area contributed by atoms with Crippen LogP contribution < -0.4 is 5.32 Å². The van der Waals surface area contributed by atoms with Gasteiger partial charge in [0, 0.05) is 12.6 Å². The van der Waals surface area contributed by atoms with Crippen LogP contribution in [0.3, 0.4) is 0 Å². The van der Waals surface area contributed by atoms with E-state index in [0.717, 1.165) is 12.6 Å². The van der Waals surface area contributed by atoms with E-state index in [1.54, 1.807) is 0 Å². The molecular formula is C10H17NO. The van der Waals surface area contributed by atoms with Gasteiger partial charge < -0.3 is 10.1 Å². The molecule has 1 unspecified atom stereocenters. The maximum atomic E-state index is 5.45. The summed E-state index contributed by atoms with van der Waals surface area (Å²) in [5.74, 6) is 0. The average Bonchev–Trinajstić information content (AvgIpc) is 2.04. The number of hydrogen-bond acceptors (Lipinski definition) is 2. The van der Waals surface area contributed by atoms with Gasteiger partial charge in [-0.05, 0) is 31.8 Å². The van der Waals surface area contributed by atoms with Crippen molar-refractivity contribution in [1.29, 1.82) is 0 Å². The van der Waals surface area contributed by atoms with Gasteiger partial charge in [-0.25, -0.2) is 0 Å². The fraction of sp³-hybridized carbons (Fsp3) is 0.800. The highest BCUT2D eigenvalue weighted by atomic mass is 16.5. The monoisotopic (exact) mass is 167 g/mol. The third-order valence-electron chi connectivity index (χ3n) is 2.76. The number of hydrogen-bond donors (Lipinski definition) is 1. The van der Waals surface area contributed by atoms with Gasteiger partial charge in [0.05, 0.1) is 6.26 Å². The Morgan fingerprint density at radius 2 is 2.25 bits per heavy atom. The highest BCUT2D eigenvalue weighted by Crippen LogP contribution is 2.18. The van der Waals surface area contributed by atoms with Crippen LogP contribution in [0, 0.1) is 0 Å². The second kappa shape index (κ2) is 3.94. The summed E-state index contributed by atoms with van der Waals surface area (Å²) in [5, 5.41) is 3.53. The highest BCUT2D eigenvalue weighted by molar-refractivity contribution is 4.84. The van der Waals surface area contributed by atoms with Crippen LogP contribution in [-0.4, -0.2) is 18.7 Å². The minimum absolute atomic E-state index is 0.426. The zero-order valence-corrected chi connectivity index (χ0v) is 7.46. The van der Waals surface area contributed by atoms with E-state index in [2.05, 4.69) is 11.4 Å². The third kappa shape index (κ3) is 2.01. The van der Waals surface area contributed by atoms with Gasteiger partial charge in [-0.15, -0.1) is 0 Å². The summed E-state index contributed by atoms with van der Waals surface area (Å²) in [5.41, 5.74) is 0. The molecule has 1 N–H and O–H groups in total. The molecular weight excluding hydrogens is 150 g/mol. The molecule has 1 fully saturated rings. The van der Waals surface area contributed by atoms with Gasteiger partial charge in [0.15, 0.2) is 0 Å². The lowest BCUT2D eigenvalue weighted by Crippen LogP contribution is -2.40. The lowest BCUT2D eigenvalue weighted by Gasteiger charge is -2.29. The first-order valence-corrected chi connectivity index (χ1v) is 4.99. The molecule has 1 heterocycles. The van der Waals surface area contributed by atoms with Gasteiger partial charge in [-0.1, -0.05) is 6.42 Å². The van der Waals surface area contributed by atoms with Crippen molar-refractivity contribution in [3.8, 4) is 0 Å². The van der Waals surface area contributed by atoms with Crippen LogP contribution in [0.1, 0.15) is 32.1 Å². The molecule has 2 nitrogen and oxygen atoms in total. The summed E-state index contributed by atoms with van der Waals surface area (Å²) in [6.45, 7) is 1.04. The van der Waals surface area contributed by atoms with Crippen molar-refractivity contribution < 1.29 is 4.74 Å². The number of rotatable bonds is 3. The van der Waals surface area contributed by atoms with E-state index >= 15 is 0 Å². The van der Waals surface area contributed by atoms with Crippen molar-refractivity contribution in [2.24, 2.45) is 0 Å². The van der Waals surface area contributed by atoms with E-state index in [9.17, 15) is 0 Å². The fourth-order valence-electron chi connectivity index (χ4n) is 1.65. The molecule has 0 aromatic rings. The first-order valence-electron chi connectivity index (χ1n) is 4.99. The summed E-state index contributed by atoms with van der Waals surface area (Å²) in [6, 6.07) is 0.791. The van der Waals surface area contributed by atoms with Crippen LogP contribution in [0.15, 0.2) is 12.3 Å². The molecule has 2 rings (SSSR count). The Morgan fingerprint density at radius 1 is 1.33 bits per heavy atom.